The summed E-state index contributed by atoms with van der Waals surface area (Å²) in [7, 11) is 0. The highest BCUT2D eigenvalue weighted by Gasteiger charge is 2.32. The van der Waals surface area contributed by atoms with Crippen LogP contribution in [0.3, 0.4) is 0 Å². The summed E-state index contributed by atoms with van der Waals surface area (Å²) in [6.07, 6.45) is 0. The van der Waals surface area contributed by atoms with Crippen molar-refractivity contribution in [3.63, 3.8) is 0 Å². The summed E-state index contributed by atoms with van der Waals surface area (Å²) >= 11 is 0. The smallest absolute Gasteiger partial charge is 0.335 e. The quantitative estimate of drug-likeness (QED) is 0.841. The Morgan fingerprint density at radius 3 is 2.00 bits per heavy atom. The molecule has 0 fully saturated rings. The molecule has 0 saturated heterocycles. The van der Waals surface area contributed by atoms with Crippen LogP contribution in [0.25, 0.3) is 0 Å². The number of ketones is 2. The van der Waals surface area contributed by atoms with Gasteiger partial charge in [-0.15, -0.1) is 5.11 Å². The van der Waals surface area contributed by atoms with Crippen molar-refractivity contribution in [1.82, 2.24) is 0 Å². The van der Waals surface area contributed by atoms with Gasteiger partial charge in [0.2, 0.25) is 11.6 Å². The molecule has 0 radical (unpaired) electrons. The summed E-state index contributed by atoms with van der Waals surface area (Å²) in [6, 6.07) is 11.6. The molecule has 2 N–H and O–H groups in total. The van der Waals surface area contributed by atoms with Crippen molar-refractivity contribution in [2.24, 2.45) is 10.2 Å². The number of aromatic carboxylic acids is 1. The molecule has 0 aliphatic heterocycles. The minimum absolute atomic E-state index is 0.0776. The number of azo groups is 1. The number of rotatable bonds is 3. The SMILES string of the molecule is O=C(O)c1ccc(/N=N/C2=C(O)C(=O)c3ccccc3C2=O)cc1. The van der Waals surface area contributed by atoms with Crippen molar-refractivity contribution in [3.05, 3.63) is 76.7 Å². The van der Waals surface area contributed by atoms with Crippen molar-refractivity contribution in [2.45, 2.75) is 0 Å². The summed E-state index contributed by atoms with van der Waals surface area (Å²) in [5, 5.41) is 26.2. The maximum absolute atomic E-state index is 12.3. The van der Waals surface area contributed by atoms with Gasteiger partial charge in [-0.05, 0) is 24.3 Å². The molecule has 7 heteroatoms. The van der Waals surface area contributed by atoms with E-state index in [1.165, 1.54) is 36.4 Å². The molecule has 118 valence electrons. The monoisotopic (exact) mass is 322 g/mol. The Kier molecular flexibility index (Phi) is 3.75. The molecule has 0 saturated carbocycles. The van der Waals surface area contributed by atoms with Gasteiger partial charge in [0.15, 0.2) is 11.5 Å². The normalized spacial score (nSPS) is 14.2. The molecule has 1 aliphatic rings. The van der Waals surface area contributed by atoms with E-state index in [1.54, 1.807) is 12.1 Å². The van der Waals surface area contributed by atoms with Crippen LogP contribution in [-0.2, 0) is 0 Å². The summed E-state index contributed by atoms with van der Waals surface area (Å²) in [5.41, 5.74) is 0.175. The number of aliphatic hydroxyl groups excluding tert-OH is 1. The number of carboxylic acids is 1. The highest BCUT2D eigenvalue weighted by molar-refractivity contribution is 6.25. The van der Waals surface area contributed by atoms with Crippen LogP contribution in [0.5, 0.6) is 0 Å². The van der Waals surface area contributed by atoms with Crippen LogP contribution >= 0.6 is 0 Å². The second-order valence-corrected chi connectivity index (χ2v) is 4.95. The van der Waals surface area contributed by atoms with Crippen LogP contribution in [0.1, 0.15) is 31.1 Å². The van der Waals surface area contributed by atoms with Gasteiger partial charge >= 0.3 is 5.97 Å². The summed E-state index contributed by atoms with van der Waals surface area (Å²) in [4.78, 5) is 35.2. The molecule has 0 unspecified atom stereocenters. The summed E-state index contributed by atoms with van der Waals surface area (Å²) in [6.45, 7) is 0. The van der Waals surface area contributed by atoms with Crippen LogP contribution in [0.4, 0.5) is 5.69 Å². The average molecular weight is 322 g/mol. The summed E-state index contributed by atoms with van der Waals surface area (Å²) < 4.78 is 0. The number of aliphatic hydroxyl groups is 1. The molecule has 7 nitrogen and oxygen atoms in total. The molecule has 0 atom stereocenters. The lowest BCUT2D eigenvalue weighted by atomic mass is 9.92. The van der Waals surface area contributed by atoms with E-state index in [0.717, 1.165) is 0 Å². The first kappa shape index (κ1) is 15.3. The predicted octanol–water partition coefficient (Wildman–Crippen LogP) is 3.32. The second kappa shape index (κ2) is 5.88. The predicted molar refractivity (Wildman–Crippen MR) is 82.7 cm³/mol. The number of nitrogens with zero attached hydrogens (tertiary/aromatic N) is 2. The van der Waals surface area contributed by atoms with Gasteiger partial charge in [0, 0.05) is 11.1 Å². The molecule has 24 heavy (non-hydrogen) atoms. The van der Waals surface area contributed by atoms with Gasteiger partial charge in [-0.25, -0.2) is 4.79 Å². The first-order valence-electron chi connectivity index (χ1n) is 6.86. The molecular formula is C17H10N2O5. The lowest BCUT2D eigenvalue weighted by molar-refractivity contribution is 0.0696. The zero-order valence-corrected chi connectivity index (χ0v) is 12.1. The minimum atomic E-state index is -1.08. The number of Topliss-reactive ketones (excluding diaryl/α,β-unsaturated/α-hetero) is 2. The van der Waals surface area contributed by atoms with E-state index in [2.05, 4.69) is 10.2 Å². The van der Waals surface area contributed by atoms with E-state index >= 15 is 0 Å². The van der Waals surface area contributed by atoms with Gasteiger partial charge in [0.1, 0.15) is 0 Å². The van der Waals surface area contributed by atoms with Crippen molar-refractivity contribution >= 4 is 23.2 Å². The Balaban J connectivity index is 1.94. The maximum atomic E-state index is 12.3. The molecule has 2 aromatic rings. The topological polar surface area (TPSA) is 116 Å². The third-order valence-corrected chi connectivity index (χ3v) is 3.45. The van der Waals surface area contributed by atoms with Crippen LogP contribution < -0.4 is 0 Å². The zero-order valence-electron chi connectivity index (χ0n) is 12.1. The number of hydrogen-bond donors (Lipinski definition) is 2. The Morgan fingerprint density at radius 2 is 1.42 bits per heavy atom. The molecule has 3 rings (SSSR count). The van der Waals surface area contributed by atoms with E-state index in [-0.39, 0.29) is 22.4 Å². The van der Waals surface area contributed by atoms with Gasteiger partial charge in [-0.3, -0.25) is 9.59 Å². The van der Waals surface area contributed by atoms with Crippen LogP contribution in [0.15, 0.2) is 70.2 Å². The Bertz CT molecular complexity index is 926. The average Bonchev–Trinajstić information content (AvgIpc) is 2.60. The Hall–Kier alpha value is -3.61. The van der Waals surface area contributed by atoms with E-state index in [9.17, 15) is 19.5 Å². The second-order valence-electron chi connectivity index (χ2n) is 4.95. The van der Waals surface area contributed by atoms with Gasteiger partial charge in [-0.2, -0.15) is 5.11 Å². The third-order valence-electron chi connectivity index (χ3n) is 3.45. The lowest BCUT2D eigenvalue weighted by Crippen LogP contribution is -2.20. The van der Waals surface area contributed by atoms with Gasteiger partial charge in [0.25, 0.3) is 0 Å². The van der Waals surface area contributed by atoms with E-state index < -0.39 is 29.0 Å². The molecule has 1 aliphatic carbocycles. The van der Waals surface area contributed by atoms with E-state index in [1.807, 2.05) is 0 Å². The van der Waals surface area contributed by atoms with Crippen molar-refractivity contribution < 1.29 is 24.6 Å². The standard InChI is InChI=1S/C17H10N2O5/c20-14-11-3-1-2-4-12(11)15(21)16(22)13(14)19-18-10-7-5-9(6-8-10)17(23)24/h1-8,22H,(H,23,24)/b19-18+. The fourth-order valence-electron chi connectivity index (χ4n) is 2.22. The Labute approximate surface area is 135 Å². The van der Waals surface area contributed by atoms with Crippen molar-refractivity contribution in [1.29, 1.82) is 0 Å². The lowest BCUT2D eigenvalue weighted by Gasteiger charge is -2.13. The van der Waals surface area contributed by atoms with Gasteiger partial charge in [-0.1, -0.05) is 24.3 Å². The highest BCUT2D eigenvalue weighted by Crippen LogP contribution is 2.27. The van der Waals surface area contributed by atoms with Gasteiger partial charge in [0.05, 0.1) is 11.3 Å². The number of fused-ring (bicyclic) bond motifs is 1. The number of carboxylic acid groups (broad SMARTS) is 1. The molecule has 0 aromatic heterocycles. The van der Waals surface area contributed by atoms with E-state index in [4.69, 9.17) is 5.11 Å². The minimum Gasteiger partial charge on any atom is -0.502 e. The van der Waals surface area contributed by atoms with Crippen molar-refractivity contribution in [2.75, 3.05) is 0 Å². The zero-order chi connectivity index (χ0) is 17.3. The molecule has 0 heterocycles. The fourth-order valence-corrected chi connectivity index (χ4v) is 2.22. The largest absolute Gasteiger partial charge is 0.502 e. The first-order valence-corrected chi connectivity index (χ1v) is 6.86. The number of benzene rings is 2. The van der Waals surface area contributed by atoms with Crippen LogP contribution in [-0.4, -0.2) is 27.7 Å². The Morgan fingerprint density at radius 1 is 0.833 bits per heavy atom. The number of carbonyl (C=O) groups excluding carboxylic acids is 2. The number of carbonyl (C=O) groups is 3. The maximum Gasteiger partial charge on any atom is 0.335 e. The number of hydrogen-bond acceptors (Lipinski definition) is 6. The fraction of sp³-hybridized carbons (Fsp3) is 0. The van der Waals surface area contributed by atoms with Crippen LogP contribution in [0, 0.1) is 0 Å². The summed E-state index contributed by atoms with van der Waals surface area (Å²) in [5.74, 6) is -3.14. The molecule has 0 amide bonds. The van der Waals surface area contributed by atoms with Gasteiger partial charge < -0.3 is 10.2 Å². The van der Waals surface area contributed by atoms with E-state index in [0.29, 0.717) is 0 Å². The number of allylic oxidation sites excluding steroid dienone is 2. The molecular weight excluding hydrogens is 312 g/mol. The molecule has 0 bridgehead atoms. The van der Waals surface area contributed by atoms with Crippen molar-refractivity contribution in [3.8, 4) is 0 Å². The highest BCUT2D eigenvalue weighted by atomic mass is 16.4. The van der Waals surface area contributed by atoms with Crippen LogP contribution in [0.2, 0.25) is 0 Å². The molecule has 2 aromatic carbocycles. The molecule has 0 spiro atoms. The third kappa shape index (κ3) is 2.58. The first-order chi connectivity index (χ1) is 11.5.